The SMILES string of the molecule is Nc1ccsc1-c1nc2ccc(Br)cc2[nH]1. The summed E-state index contributed by atoms with van der Waals surface area (Å²) in [5.41, 5.74) is 8.59. The average molecular weight is 294 g/mol. The van der Waals surface area contributed by atoms with Gasteiger partial charge in [-0.15, -0.1) is 11.3 Å². The Balaban J connectivity index is 2.23. The zero-order valence-electron chi connectivity index (χ0n) is 8.20. The van der Waals surface area contributed by atoms with Crippen LogP contribution in [-0.4, -0.2) is 9.97 Å². The van der Waals surface area contributed by atoms with Crippen LogP contribution < -0.4 is 5.73 Å². The van der Waals surface area contributed by atoms with Crippen LogP contribution in [0.15, 0.2) is 34.1 Å². The number of fused-ring (bicyclic) bond motifs is 1. The van der Waals surface area contributed by atoms with Crippen molar-refractivity contribution in [2.45, 2.75) is 0 Å². The van der Waals surface area contributed by atoms with E-state index in [1.165, 1.54) is 0 Å². The molecule has 16 heavy (non-hydrogen) atoms. The Labute approximate surface area is 104 Å². The normalized spacial score (nSPS) is 11.1. The van der Waals surface area contributed by atoms with Gasteiger partial charge < -0.3 is 10.7 Å². The summed E-state index contributed by atoms with van der Waals surface area (Å²) in [6, 6.07) is 7.85. The van der Waals surface area contributed by atoms with Gasteiger partial charge in [0.2, 0.25) is 0 Å². The van der Waals surface area contributed by atoms with E-state index >= 15 is 0 Å². The van der Waals surface area contributed by atoms with E-state index in [2.05, 4.69) is 25.9 Å². The highest BCUT2D eigenvalue weighted by molar-refractivity contribution is 9.10. The predicted octanol–water partition coefficient (Wildman–Crippen LogP) is 3.64. The maximum Gasteiger partial charge on any atom is 0.150 e. The fourth-order valence-electron chi connectivity index (χ4n) is 1.60. The first-order valence-corrected chi connectivity index (χ1v) is 6.40. The third kappa shape index (κ3) is 1.52. The number of benzene rings is 1. The average Bonchev–Trinajstić information content (AvgIpc) is 2.82. The minimum atomic E-state index is 0.767. The number of aromatic amines is 1. The maximum atomic E-state index is 5.87. The van der Waals surface area contributed by atoms with Crippen LogP contribution in [0.5, 0.6) is 0 Å². The topological polar surface area (TPSA) is 54.7 Å². The Morgan fingerprint density at radius 1 is 1.31 bits per heavy atom. The van der Waals surface area contributed by atoms with E-state index in [0.29, 0.717) is 0 Å². The number of nitrogens with zero attached hydrogens (tertiary/aromatic N) is 1. The lowest BCUT2D eigenvalue weighted by Crippen LogP contribution is -1.84. The molecule has 5 heteroatoms. The standard InChI is InChI=1S/C11H8BrN3S/c12-6-1-2-8-9(5-6)15-11(14-8)10-7(13)3-4-16-10/h1-5H,13H2,(H,14,15). The second-order valence-electron chi connectivity index (χ2n) is 3.45. The van der Waals surface area contributed by atoms with Crippen LogP contribution in [0.25, 0.3) is 21.7 Å². The number of rotatable bonds is 1. The zero-order valence-corrected chi connectivity index (χ0v) is 10.6. The molecule has 1 aromatic carbocycles. The third-order valence-corrected chi connectivity index (χ3v) is 3.78. The molecule has 2 heterocycles. The van der Waals surface area contributed by atoms with E-state index in [4.69, 9.17) is 5.73 Å². The summed E-state index contributed by atoms with van der Waals surface area (Å²) >= 11 is 5.03. The molecule has 2 aromatic heterocycles. The van der Waals surface area contributed by atoms with E-state index in [9.17, 15) is 0 Å². The van der Waals surface area contributed by atoms with Gasteiger partial charge in [-0.25, -0.2) is 4.98 Å². The van der Waals surface area contributed by atoms with Crippen molar-refractivity contribution in [2.75, 3.05) is 5.73 Å². The highest BCUT2D eigenvalue weighted by Crippen LogP contribution is 2.31. The summed E-state index contributed by atoms with van der Waals surface area (Å²) in [5.74, 6) is 0.834. The molecule has 0 spiro atoms. The Kier molecular flexibility index (Phi) is 2.22. The predicted molar refractivity (Wildman–Crippen MR) is 71.5 cm³/mol. The molecule has 0 bridgehead atoms. The zero-order chi connectivity index (χ0) is 11.1. The Hall–Kier alpha value is -1.33. The van der Waals surface area contributed by atoms with Crippen molar-refractivity contribution in [3.63, 3.8) is 0 Å². The van der Waals surface area contributed by atoms with Crippen LogP contribution in [0.4, 0.5) is 5.69 Å². The first kappa shape index (κ1) is 9.86. The number of nitrogen functional groups attached to an aromatic ring is 1. The second kappa shape index (κ2) is 3.61. The number of H-pyrrole nitrogens is 1. The lowest BCUT2D eigenvalue weighted by molar-refractivity contribution is 1.36. The monoisotopic (exact) mass is 293 g/mol. The lowest BCUT2D eigenvalue weighted by atomic mass is 10.3. The summed E-state index contributed by atoms with van der Waals surface area (Å²) < 4.78 is 1.04. The highest BCUT2D eigenvalue weighted by atomic mass is 79.9. The van der Waals surface area contributed by atoms with Crippen LogP contribution >= 0.6 is 27.3 Å². The molecule has 0 aliphatic heterocycles. The van der Waals surface area contributed by atoms with Gasteiger partial charge in [-0.1, -0.05) is 15.9 Å². The molecule has 0 radical (unpaired) electrons. The summed E-state index contributed by atoms with van der Waals surface area (Å²) in [6.07, 6.45) is 0. The number of thiophene rings is 1. The van der Waals surface area contributed by atoms with Gasteiger partial charge in [-0.05, 0) is 29.6 Å². The fraction of sp³-hybridized carbons (Fsp3) is 0. The van der Waals surface area contributed by atoms with Gasteiger partial charge in [0, 0.05) is 4.47 Å². The van der Waals surface area contributed by atoms with Crippen molar-refractivity contribution >= 4 is 44.0 Å². The third-order valence-electron chi connectivity index (χ3n) is 2.35. The second-order valence-corrected chi connectivity index (χ2v) is 5.28. The quantitative estimate of drug-likeness (QED) is 0.720. The molecule has 0 fully saturated rings. The molecule has 0 unspecified atom stereocenters. The van der Waals surface area contributed by atoms with Crippen LogP contribution in [0.1, 0.15) is 0 Å². The first-order chi connectivity index (χ1) is 7.74. The Bertz CT molecular complexity index is 656. The minimum Gasteiger partial charge on any atom is -0.397 e. The van der Waals surface area contributed by atoms with Gasteiger partial charge in [-0.2, -0.15) is 0 Å². The van der Waals surface area contributed by atoms with E-state index in [-0.39, 0.29) is 0 Å². The largest absolute Gasteiger partial charge is 0.397 e. The first-order valence-electron chi connectivity index (χ1n) is 4.72. The smallest absolute Gasteiger partial charge is 0.150 e. The molecule has 0 saturated carbocycles. The van der Waals surface area contributed by atoms with E-state index in [0.717, 1.165) is 31.9 Å². The van der Waals surface area contributed by atoms with E-state index < -0.39 is 0 Å². The molecule has 0 aliphatic rings. The fourth-order valence-corrected chi connectivity index (χ4v) is 2.73. The van der Waals surface area contributed by atoms with Gasteiger partial charge in [0.25, 0.3) is 0 Å². The molecular formula is C11H8BrN3S. The van der Waals surface area contributed by atoms with Crippen LogP contribution in [-0.2, 0) is 0 Å². The molecular weight excluding hydrogens is 286 g/mol. The van der Waals surface area contributed by atoms with Crippen molar-refractivity contribution in [1.29, 1.82) is 0 Å². The number of hydrogen-bond donors (Lipinski definition) is 2. The number of nitrogens with one attached hydrogen (secondary N) is 1. The van der Waals surface area contributed by atoms with E-state index in [1.54, 1.807) is 11.3 Å². The summed E-state index contributed by atoms with van der Waals surface area (Å²) in [6.45, 7) is 0. The van der Waals surface area contributed by atoms with Crippen molar-refractivity contribution < 1.29 is 0 Å². The van der Waals surface area contributed by atoms with Gasteiger partial charge in [0.05, 0.1) is 21.6 Å². The number of nitrogens with two attached hydrogens (primary N) is 1. The summed E-state index contributed by atoms with van der Waals surface area (Å²) in [7, 11) is 0. The lowest BCUT2D eigenvalue weighted by Gasteiger charge is -1.91. The molecule has 3 aromatic rings. The van der Waals surface area contributed by atoms with Crippen molar-refractivity contribution in [3.8, 4) is 10.7 Å². The molecule has 3 nitrogen and oxygen atoms in total. The minimum absolute atomic E-state index is 0.767. The highest BCUT2D eigenvalue weighted by Gasteiger charge is 2.09. The summed E-state index contributed by atoms with van der Waals surface area (Å²) in [5, 5.41) is 1.97. The molecule has 3 N–H and O–H groups in total. The van der Waals surface area contributed by atoms with Crippen molar-refractivity contribution in [3.05, 3.63) is 34.1 Å². The van der Waals surface area contributed by atoms with Gasteiger partial charge in [0.15, 0.2) is 5.82 Å². The molecule has 80 valence electrons. The number of hydrogen-bond acceptors (Lipinski definition) is 3. The number of imidazole rings is 1. The van der Waals surface area contributed by atoms with Crippen LogP contribution in [0.3, 0.4) is 0 Å². The van der Waals surface area contributed by atoms with Gasteiger partial charge in [-0.3, -0.25) is 0 Å². The van der Waals surface area contributed by atoms with Gasteiger partial charge in [0.1, 0.15) is 0 Å². The van der Waals surface area contributed by atoms with Crippen LogP contribution in [0.2, 0.25) is 0 Å². The number of anilines is 1. The summed E-state index contributed by atoms with van der Waals surface area (Å²) in [4.78, 5) is 8.77. The number of aromatic nitrogens is 2. The molecule has 0 aliphatic carbocycles. The van der Waals surface area contributed by atoms with Crippen molar-refractivity contribution in [2.24, 2.45) is 0 Å². The van der Waals surface area contributed by atoms with E-state index in [1.807, 2.05) is 29.6 Å². The van der Waals surface area contributed by atoms with Crippen LogP contribution in [0, 0.1) is 0 Å². The molecule has 0 saturated heterocycles. The van der Waals surface area contributed by atoms with Gasteiger partial charge >= 0.3 is 0 Å². The number of halogens is 1. The van der Waals surface area contributed by atoms with Crippen molar-refractivity contribution in [1.82, 2.24) is 9.97 Å². The molecule has 3 rings (SSSR count). The Morgan fingerprint density at radius 2 is 2.19 bits per heavy atom. The maximum absolute atomic E-state index is 5.87. The molecule has 0 atom stereocenters. The Morgan fingerprint density at radius 3 is 2.94 bits per heavy atom. The molecule has 0 amide bonds.